The summed E-state index contributed by atoms with van der Waals surface area (Å²) in [4.78, 5) is 16.3. The first-order valence-electron chi connectivity index (χ1n) is 6.23. The second-order valence-electron chi connectivity index (χ2n) is 4.86. The molecule has 0 bridgehead atoms. The molecule has 0 aliphatic carbocycles. The first-order valence-corrected chi connectivity index (χ1v) is 8.05. The number of piperazine rings is 1. The van der Waals surface area contributed by atoms with E-state index >= 15 is 0 Å². The SMILES string of the molecule is CCN1CCN(C(=O)C2CCS(=O)(=O)C2)CC1. The minimum Gasteiger partial charge on any atom is -0.340 e. The standard InChI is InChI=1S/C11H20N2O3S/c1-2-12-4-6-13(7-5-12)11(14)10-3-8-17(15,16)9-10/h10H,2-9H2,1H3. The van der Waals surface area contributed by atoms with Crippen LogP contribution in [0.2, 0.25) is 0 Å². The molecule has 2 saturated heterocycles. The predicted octanol–water partition coefficient (Wildman–Crippen LogP) is -0.415. The van der Waals surface area contributed by atoms with E-state index in [1.165, 1.54) is 0 Å². The summed E-state index contributed by atoms with van der Waals surface area (Å²) in [6.45, 7) is 6.41. The maximum absolute atomic E-state index is 12.1. The highest BCUT2D eigenvalue weighted by molar-refractivity contribution is 7.91. The number of rotatable bonds is 2. The molecule has 2 aliphatic rings. The monoisotopic (exact) mass is 260 g/mol. The third-order valence-corrected chi connectivity index (χ3v) is 5.48. The summed E-state index contributed by atoms with van der Waals surface area (Å²) in [5.74, 6) is -0.00645. The van der Waals surface area contributed by atoms with Gasteiger partial charge in [-0.1, -0.05) is 6.92 Å². The zero-order valence-corrected chi connectivity index (χ0v) is 11.1. The van der Waals surface area contributed by atoms with Crippen molar-refractivity contribution < 1.29 is 13.2 Å². The van der Waals surface area contributed by atoms with E-state index in [0.29, 0.717) is 6.42 Å². The molecule has 17 heavy (non-hydrogen) atoms. The third kappa shape index (κ3) is 2.98. The lowest BCUT2D eigenvalue weighted by atomic mass is 10.1. The Kier molecular flexibility index (Phi) is 3.73. The van der Waals surface area contributed by atoms with Crippen molar-refractivity contribution in [3.63, 3.8) is 0 Å². The first-order chi connectivity index (χ1) is 8.02. The summed E-state index contributed by atoms with van der Waals surface area (Å²) in [5.41, 5.74) is 0. The maximum atomic E-state index is 12.1. The quantitative estimate of drug-likeness (QED) is 0.677. The molecule has 2 aliphatic heterocycles. The Balaban J connectivity index is 1.89. The molecular formula is C11H20N2O3S. The minimum atomic E-state index is -2.95. The van der Waals surface area contributed by atoms with Gasteiger partial charge in [-0.25, -0.2) is 8.42 Å². The maximum Gasteiger partial charge on any atom is 0.226 e. The summed E-state index contributed by atoms with van der Waals surface area (Å²) < 4.78 is 22.7. The summed E-state index contributed by atoms with van der Waals surface area (Å²) in [6.07, 6.45) is 0.509. The van der Waals surface area contributed by atoms with Gasteiger partial charge in [-0.15, -0.1) is 0 Å². The highest BCUT2D eigenvalue weighted by Crippen LogP contribution is 2.21. The molecule has 0 N–H and O–H groups in total. The number of likely N-dealkylation sites (N-methyl/N-ethyl adjacent to an activating group) is 1. The van der Waals surface area contributed by atoms with Crippen LogP contribution >= 0.6 is 0 Å². The van der Waals surface area contributed by atoms with Gasteiger partial charge in [0.1, 0.15) is 0 Å². The minimum absolute atomic E-state index is 0.0434. The van der Waals surface area contributed by atoms with Crippen LogP contribution in [0.1, 0.15) is 13.3 Å². The number of hydrogen-bond donors (Lipinski definition) is 0. The number of carbonyl (C=O) groups excluding carboxylic acids is 1. The Bertz CT molecular complexity index is 386. The van der Waals surface area contributed by atoms with Crippen molar-refractivity contribution in [2.75, 3.05) is 44.2 Å². The second-order valence-corrected chi connectivity index (χ2v) is 7.09. The molecule has 2 rings (SSSR count). The molecule has 0 saturated carbocycles. The van der Waals surface area contributed by atoms with Gasteiger partial charge in [0.15, 0.2) is 9.84 Å². The van der Waals surface area contributed by atoms with Gasteiger partial charge in [0.05, 0.1) is 17.4 Å². The average molecular weight is 260 g/mol. The number of hydrogen-bond acceptors (Lipinski definition) is 4. The Morgan fingerprint density at radius 3 is 2.35 bits per heavy atom. The van der Waals surface area contributed by atoms with E-state index in [2.05, 4.69) is 11.8 Å². The van der Waals surface area contributed by atoms with E-state index in [0.717, 1.165) is 32.7 Å². The van der Waals surface area contributed by atoms with Crippen molar-refractivity contribution in [2.24, 2.45) is 5.92 Å². The van der Waals surface area contributed by atoms with E-state index < -0.39 is 9.84 Å². The fraction of sp³-hybridized carbons (Fsp3) is 0.909. The summed E-state index contributed by atoms with van der Waals surface area (Å²) >= 11 is 0. The van der Waals surface area contributed by atoms with Crippen LogP contribution in [0.15, 0.2) is 0 Å². The molecule has 1 amide bonds. The Hall–Kier alpha value is -0.620. The van der Waals surface area contributed by atoms with Crippen molar-refractivity contribution >= 4 is 15.7 Å². The van der Waals surface area contributed by atoms with Crippen molar-refractivity contribution in [1.82, 2.24) is 9.80 Å². The zero-order valence-electron chi connectivity index (χ0n) is 10.3. The van der Waals surface area contributed by atoms with Crippen LogP contribution in [-0.2, 0) is 14.6 Å². The Morgan fingerprint density at radius 2 is 1.88 bits per heavy atom. The smallest absolute Gasteiger partial charge is 0.226 e. The average Bonchev–Trinajstić information content (AvgIpc) is 2.69. The zero-order chi connectivity index (χ0) is 12.5. The number of sulfone groups is 1. The number of amides is 1. The molecule has 2 fully saturated rings. The van der Waals surface area contributed by atoms with Crippen LogP contribution < -0.4 is 0 Å². The van der Waals surface area contributed by atoms with Gasteiger partial charge in [0.2, 0.25) is 5.91 Å². The molecular weight excluding hydrogens is 240 g/mol. The van der Waals surface area contributed by atoms with Crippen LogP contribution in [-0.4, -0.2) is 68.4 Å². The van der Waals surface area contributed by atoms with Gasteiger partial charge in [0.25, 0.3) is 0 Å². The van der Waals surface area contributed by atoms with Crippen molar-refractivity contribution in [1.29, 1.82) is 0 Å². The molecule has 5 nitrogen and oxygen atoms in total. The number of nitrogens with zero attached hydrogens (tertiary/aromatic N) is 2. The van der Waals surface area contributed by atoms with Crippen LogP contribution in [0.3, 0.4) is 0 Å². The van der Waals surface area contributed by atoms with Crippen molar-refractivity contribution in [3.8, 4) is 0 Å². The molecule has 6 heteroatoms. The van der Waals surface area contributed by atoms with Gasteiger partial charge < -0.3 is 9.80 Å². The highest BCUT2D eigenvalue weighted by Gasteiger charge is 2.35. The molecule has 0 aromatic heterocycles. The lowest BCUT2D eigenvalue weighted by Gasteiger charge is -2.35. The molecule has 0 aromatic rings. The van der Waals surface area contributed by atoms with Gasteiger partial charge in [-0.2, -0.15) is 0 Å². The van der Waals surface area contributed by atoms with Crippen molar-refractivity contribution in [3.05, 3.63) is 0 Å². The van der Waals surface area contributed by atoms with Crippen LogP contribution in [0.25, 0.3) is 0 Å². The van der Waals surface area contributed by atoms with Crippen LogP contribution in [0.4, 0.5) is 0 Å². The van der Waals surface area contributed by atoms with Gasteiger partial charge in [-0.05, 0) is 13.0 Å². The molecule has 2 heterocycles. The van der Waals surface area contributed by atoms with Crippen LogP contribution in [0, 0.1) is 5.92 Å². The Labute approximate surface area is 103 Å². The molecule has 0 aromatic carbocycles. The second kappa shape index (κ2) is 4.94. The van der Waals surface area contributed by atoms with Crippen molar-refractivity contribution in [2.45, 2.75) is 13.3 Å². The molecule has 98 valence electrons. The van der Waals surface area contributed by atoms with E-state index in [1.54, 1.807) is 0 Å². The van der Waals surface area contributed by atoms with E-state index in [1.807, 2.05) is 4.90 Å². The fourth-order valence-electron chi connectivity index (χ4n) is 2.53. The highest BCUT2D eigenvalue weighted by atomic mass is 32.2. The molecule has 1 atom stereocenters. The summed E-state index contributed by atoms with van der Waals surface area (Å²) in [5, 5.41) is 0. The first kappa shape index (κ1) is 12.8. The van der Waals surface area contributed by atoms with E-state index in [9.17, 15) is 13.2 Å². The van der Waals surface area contributed by atoms with E-state index in [-0.39, 0.29) is 23.3 Å². The lowest BCUT2D eigenvalue weighted by Crippen LogP contribution is -2.50. The molecule has 1 unspecified atom stereocenters. The summed E-state index contributed by atoms with van der Waals surface area (Å²) in [7, 11) is -2.95. The fourth-order valence-corrected chi connectivity index (χ4v) is 4.27. The summed E-state index contributed by atoms with van der Waals surface area (Å²) in [6, 6.07) is 0. The normalized spacial score (nSPS) is 29.5. The molecule has 0 spiro atoms. The van der Waals surface area contributed by atoms with Gasteiger partial charge in [0, 0.05) is 26.2 Å². The Morgan fingerprint density at radius 1 is 1.24 bits per heavy atom. The van der Waals surface area contributed by atoms with Gasteiger partial charge in [-0.3, -0.25) is 4.79 Å². The largest absolute Gasteiger partial charge is 0.340 e. The predicted molar refractivity (Wildman–Crippen MR) is 65.5 cm³/mol. The lowest BCUT2D eigenvalue weighted by molar-refractivity contribution is -0.136. The third-order valence-electron chi connectivity index (χ3n) is 3.71. The van der Waals surface area contributed by atoms with Gasteiger partial charge >= 0.3 is 0 Å². The molecule has 0 radical (unpaired) electrons. The number of carbonyl (C=O) groups is 1. The van der Waals surface area contributed by atoms with E-state index in [4.69, 9.17) is 0 Å². The topological polar surface area (TPSA) is 57.7 Å². The van der Waals surface area contributed by atoms with Crippen LogP contribution in [0.5, 0.6) is 0 Å².